The summed E-state index contributed by atoms with van der Waals surface area (Å²) in [6.07, 6.45) is 0. The summed E-state index contributed by atoms with van der Waals surface area (Å²) in [6.45, 7) is 1.65. The van der Waals surface area contributed by atoms with Gasteiger partial charge >= 0.3 is 0 Å². The monoisotopic (exact) mass is 494 g/mol. The summed E-state index contributed by atoms with van der Waals surface area (Å²) < 4.78 is 45.1. The zero-order chi connectivity index (χ0) is 25.2. The molecule has 35 heavy (non-hydrogen) atoms. The Balaban J connectivity index is 1.87. The number of amides is 1. The molecule has 182 valence electrons. The fourth-order valence-corrected chi connectivity index (χ4v) is 5.76. The molecule has 1 aliphatic rings. The highest BCUT2D eigenvalue weighted by Gasteiger charge is 2.40. The molecule has 0 aliphatic carbocycles. The van der Waals surface area contributed by atoms with Gasteiger partial charge in [-0.1, -0.05) is 36.4 Å². The molecule has 9 heteroatoms. The highest BCUT2D eigenvalue weighted by Crippen LogP contribution is 2.45. The molecule has 0 fully saturated rings. The number of anilines is 2. The van der Waals surface area contributed by atoms with E-state index in [1.54, 1.807) is 43.3 Å². The average Bonchev–Trinajstić information content (AvgIpc) is 2.86. The number of sulfonamides is 1. The summed E-state index contributed by atoms with van der Waals surface area (Å²) in [7, 11) is 0.268. The third kappa shape index (κ3) is 4.54. The first-order valence-electron chi connectivity index (χ1n) is 10.8. The van der Waals surface area contributed by atoms with E-state index in [1.807, 2.05) is 30.3 Å². The first-order chi connectivity index (χ1) is 16.8. The summed E-state index contributed by atoms with van der Waals surface area (Å²) >= 11 is 0. The van der Waals surface area contributed by atoms with Gasteiger partial charge in [-0.3, -0.25) is 9.10 Å². The second-order valence-electron chi connectivity index (χ2n) is 7.86. The van der Waals surface area contributed by atoms with Gasteiger partial charge in [0.25, 0.3) is 15.9 Å². The van der Waals surface area contributed by atoms with Gasteiger partial charge in [0.2, 0.25) is 0 Å². The smallest absolute Gasteiger partial charge is 0.270 e. The van der Waals surface area contributed by atoms with Crippen LogP contribution in [-0.4, -0.2) is 35.7 Å². The number of hydrogen-bond acceptors (Lipinski definition) is 6. The van der Waals surface area contributed by atoms with Crippen molar-refractivity contribution < 1.29 is 27.4 Å². The topological polar surface area (TPSA) is 94.2 Å². The van der Waals surface area contributed by atoms with Crippen LogP contribution >= 0.6 is 0 Å². The van der Waals surface area contributed by atoms with E-state index in [-0.39, 0.29) is 11.4 Å². The SMILES string of the molecule is COc1cccc(NC(=O)C2=C(C)c3cc(OC)c(OC)cc3N(Cc3ccccc3)S2(=O)=O)c1. The van der Waals surface area contributed by atoms with Gasteiger partial charge in [-0.15, -0.1) is 0 Å². The van der Waals surface area contributed by atoms with Crippen LogP contribution in [-0.2, 0) is 21.4 Å². The lowest BCUT2D eigenvalue weighted by atomic mass is 10.0. The molecular formula is C26H26N2O6S. The van der Waals surface area contributed by atoms with Crippen molar-refractivity contribution in [2.45, 2.75) is 13.5 Å². The Morgan fingerprint density at radius 2 is 1.57 bits per heavy atom. The van der Waals surface area contributed by atoms with Crippen molar-refractivity contribution in [3.8, 4) is 17.2 Å². The predicted octanol–water partition coefficient (Wildman–Crippen LogP) is 4.43. The number of allylic oxidation sites excluding steroid dienone is 1. The van der Waals surface area contributed by atoms with Crippen LogP contribution in [0.3, 0.4) is 0 Å². The van der Waals surface area contributed by atoms with Gasteiger partial charge in [-0.25, -0.2) is 8.42 Å². The van der Waals surface area contributed by atoms with Gasteiger partial charge in [-0.2, -0.15) is 0 Å². The minimum Gasteiger partial charge on any atom is -0.497 e. The second kappa shape index (κ2) is 9.71. The molecule has 1 aliphatic heterocycles. The molecule has 4 rings (SSSR count). The zero-order valence-electron chi connectivity index (χ0n) is 19.9. The van der Waals surface area contributed by atoms with Crippen LogP contribution in [0.2, 0.25) is 0 Å². The standard InChI is InChI=1S/C26H26N2O6S/c1-17-21-14-23(33-3)24(34-4)15-22(21)28(16-18-9-6-5-7-10-18)35(30,31)25(17)26(29)27-19-11-8-12-20(13-19)32-2/h5-15H,16H2,1-4H3,(H,27,29). The van der Waals surface area contributed by atoms with Gasteiger partial charge in [0.05, 0.1) is 33.6 Å². The number of rotatable bonds is 7. The molecule has 0 saturated heterocycles. The van der Waals surface area contributed by atoms with E-state index in [1.165, 1.54) is 25.6 Å². The molecule has 0 unspecified atom stereocenters. The number of carbonyl (C=O) groups excluding carboxylic acids is 1. The summed E-state index contributed by atoms with van der Waals surface area (Å²) in [5.74, 6) is 0.607. The Bertz CT molecular complexity index is 1400. The van der Waals surface area contributed by atoms with Crippen LogP contribution in [0.4, 0.5) is 11.4 Å². The van der Waals surface area contributed by atoms with Crippen LogP contribution in [0, 0.1) is 0 Å². The second-order valence-corrected chi connectivity index (χ2v) is 9.66. The highest BCUT2D eigenvalue weighted by atomic mass is 32.2. The van der Waals surface area contributed by atoms with E-state index in [4.69, 9.17) is 14.2 Å². The first kappa shape index (κ1) is 24.2. The Hall–Kier alpha value is -3.98. The molecule has 3 aromatic carbocycles. The summed E-state index contributed by atoms with van der Waals surface area (Å²) in [6, 6.07) is 19.2. The number of carbonyl (C=O) groups is 1. The number of hydrogen-bond donors (Lipinski definition) is 1. The summed E-state index contributed by atoms with van der Waals surface area (Å²) in [5.41, 5.74) is 2.46. The fraction of sp³-hybridized carbons (Fsp3) is 0.192. The minimum absolute atomic E-state index is 0.0366. The molecular weight excluding hydrogens is 468 g/mol. The van der Waals surface area contributed by atoms with E-state index in [2.05, 4.69) is 5.32 Å². The minimum atomic E-state index is -4.23. The van der Waals surface area contributed by atoms with Crippen molar-refractivity contribution in [3.05, 3.63) is 82.8 Å². The third-order valence-electron chi connectivity index (χ3n) is 5.77. The van der Waals surface area contributed by atoms with Gasteiger partial charge in [-0.05, 0) is 36.3 Å². The Morgan fingerprint density at radius 3 is 2.23 bits per heavy atom. The molecule has 0 spiro atoms. The van der Waals surface area contributed by atoms with Crippen LogP contribution in [0.15, 0.2) is 71.6 Å². The number of nitrogens with zero attached hydrogens (tertiary/aromatic N) is 1. The normalized spacial score (nSPS) is 14.2. The molecule has 0 saturated carbocycles. The zero-order valence-corrected chi connectivity index (χ0v) is 20.7. The van der Waals surface area contributed by atoms with Crippen molar-refractivity contribution in [3.63, 3.8) is 0 Å². The van der Waals surface area contributed by atoms with Gasteiger partial charge < -0.3 is 19.5 Å². The molecule has 0 radical (unpaired) electrons. The third-order valence-corrected chi connectivity index (χ3v) is 7.68. The van der Waals surface area contributed by atoms with Gasteiger partial charge in [0.1, 0.15) is 5.75 Å². The van der Waals surface area contributed by atoms with E-state index in [0.29, 0.717) is 39.8 Å². The average molecular weight is 495 g/mol. The highest BCUT2D eigenvalue weighted by molar-refractivity contribution is 7.97. The maximum absolute atomic E-state index is 13.9. The Labute approximate surface area is 204 Å². The summed E-state index contributed by atoms with van der Waals surface area (Å²) in [4.78, 5) is 13.1. The van der Waals surface area contributed by atoms with Crippen molar-refractivity contribution in [1.29, 1.82) is 0 Å². The Morgan fingerprint density at radius 1 is 0.886 bits per heavy atom. The van der Waals surface area contributed by atoms with E-state index in [0.717, 1.165) is 5.56 Å². The molecule has 3 aromatic rings. The lowest BCUT2D eigenvalue weighted by Gasteiger charge is -2.33. The number of benzene rings is 3. The number of methoxy groups -OCH3 is 3. The van der Waals surface area contributed by atoms with E-state index in [9.17, 15) is 13.2 Å². The quantitative estimate of drug-likeness (QED) is 0.522. The molecule has 1 amide bonds. The fourth-order valence-electron chi connectivity index (χ4n) is 4.03. The van der Waals surface area contributed by atoms with Crippen molar-refractivity contribution in [2.24, 2.45) is 0 Å². The van der Waals surface area contributed by atoms with Crippen LogP contribution in [0.25, 0.3) is 5.57 Å². The predicted molar refractivity (Wildman–Crippen MR) is 135 cm³/mol. The van der Waals surface area contributed by atoms with Crippen LogP contribution in [0.1, 0.15) is 18.1 Å². The largest absolute Gasteiger partial charge is 0.497 e. The molecule has 0 bridgehead atoms. The van der Waals surface area contributed by atoms with Crippen molar-refractivity contribution in [2.75, 3.05) is 31.0 Å². The van der Waals surface area contributed by atoms with E-state index >= 15 is 0 Å². The molecule has 0 atom stereocenters. The van der Waals surface area contributed by atoms with Gasteiger partial charge in [0, 0.05) is 23.4 Å². The number of ether oxygens (including phenoxy) is 3. The number of fused-ring (bicyclic) bond motifs is 1. The lowest BCUT2D eigenvalue weighted by Crippen LogP contribution is -2.39. The molecule has 1 N–H and O–H groups in total. The molecule has 1 heterocycles. The maximum Gasteiger partial charge on any atom is 0.270 e. The number of nitrogens with one attached hydrogen (secondary N) is 1. The first-order valence-corrected chi connectivity index (χ1v) is 12.2. The van der Waals surface area contributed by atoms with Gasteiger partial charge in [0.15, 0.2) is 16.4 Å². The molecule has 0 aromatic heterocycles. The van der Waals surface area contributed by atoms with Crippen molar-refractivity contribution in [1.82, 2.24) is 0 Å². The van der Waals surface area contributed by atoms with E-state index < -0.39 is 15.9 Å². The van der Waals surface area contributed by atoms with Crippen LogP contribution < -0.4 is 23.8 Å². The van der Waals surface area contributed by atoms with Crippen molar-refractivity contribution >= 4 is 32.9 Å². The summed E-state index contributed by atoms with van der Waals surface area (Å²) in [5, 5.41) is 2.70. The lowest BCUT2D eigenvalue weighted by molar-refractivity contribution is -0.112. The maximum atomic E-state index is 13.9. The van der Waals surface area contributed by atoms with Crippen LogP contribution in [0.5, 0.6) is 17.2 Å². The Kier molecular flexibility index (Phi) is 6.70. The molecule has 8 nitrogen and oxygen atoms in total.